The van der Waals surface area contributed by atoms with E-state index in [0.29, 0.717) is 5.69 Å². The lowest BCUT2D eigenvalue weighted by Gasteiger charge is -2.13. The first-order valence-electron chi connectivity index (χ1n) is 8.43. The van der Waals surface area contributed by atoms with Gasteiger partial charge in [0.25, 0.3) is 11.5 Å². The van der Waals surface area contributed by atoms with E-state index in [2.05, 4.69) is 10.4 Å². The number of ether oxygens (including phenoxy) is 1. The van der Waals surface area contributed by atoms with Crippen LogP contribution >= 0.6 is 0 Å². The molecular formula is C20H16F3N3O3. The molecule has 0 radical (unpaired) electrons. The zero-order valence-electron chi connectivity index (χ0n) is 15.4. The van der Waals surface area contributed by atoms with Crippen molar-refractivity contribution in [2.45, 2.75) is 13.1 Å². The number of alkyl halides is 3. The van der Waals surface area contributed by atoms with Crippen LogP contribution in [0.2, 0.25) is 0 Å². The van der Waals surface area contributed by atoms with Gasteiger partial charge in [-0.05, 0) is 36.8 Å². The zero-order chi connectivity index (χ0) is 21.2. The number of benzene rings is 2. The van der Waals surface area contributed by atoms with Gasteiger partial charge in [0.1, 0.15) is 0 Å². The molecule has 0 spiro atoms. The Morgan fingerprint density at radius 2 is 1.83 bits per heavy atom. The molecule has 29 heavy (non-hydrogen) atoms. The highest BCUT2D eigenvalue weighted by Gasteiger charge is 2.30. The number of aromatic nitrogens is 2. The number of amides is 1. The van der Waals surface area contributed by atoms with Crippen LogP contribution in [0.1, 0.15) is 21.6 Å². The first-order valence-corrected chi connectivity index (χ1v) is 8.43. The predicted molar refractivity (Wildman–Crippen MR) is 101 cm³/mol. The van der Waals surface area contributed by atoms with Gasteiger partial charge >= 0.3 is 6.18 Å². The summed E-state index contributed by atoms with van der Waals surface area (Å²) in [6.07, 6.45) is -4.55. The van der Waals surface area contributed by atoms with Crippen molar-refractivity contribution in [2.24, 2.45) is 0 Å². The molecule has 0 aliphatic rings. The fourth-order valence-electron chi connectivity index (χ4n) is 2.69. The molecule has 1 heterocycles. The molecule has 3 rings (SSSR count). The van der Waals surface area contributed by atoms with Gasteiger partial charge in [-0.15, -0.1) is 0 Å². The van der Waals surface area contributed by atoms with Gasteiger partial charge in [0, 0.05) is 5.69 Å². The van der Waals surface area contributed by atoms with Crippen molar-refractivity contribution < 1.29 is 22.7 Å². The third kappa shape index (κ3) is 4.29. The Morgan fingerprint density at radius 1 is 1.10 bits per heavy atom. The van der Waals surface area contributed by atoms with Crippen LogP contribution in [0.25, 0.3) is 5.69 Å². The van der Waals surface area contributed by atoms with Crippen LogP contribution in [0.15, 0.2) is 59.4 Å². The van der Waals surface area contributed by atoms with Crippen LogP contribution in [-0.2, 0) is 6.18 Å². The summed E-state index contributed by atoms with van der Waals surface area (Å²) in [6, 6.07) is 12.2. The van der Waals surface area contributed by atoms with Gasteiger partial charge in [-0.2, -0.15) is 23.0 Å². The van der Waals surface area contributed by atoms with E-state index in [1.807, 2.05) is 0 Å². The Morgan fingerprint density at radius 3 is 2.48 bits per heavy atom. The van der Waals surface area contributed by atoms with E-state index in [1.54, 1.807) is 31.2 Å². The minimum atomic E-state index is -4.55. The highest BCUT2D eigenvalue weighted by Crippen LogP contribution is 2.30. The Hall–Kier alpha value is -3.62. The number of carbonyl (C=O) groups excluding carboxylic acids is 1. The highest BCUT2D eigenvalue weighted by molar-refractivity contribution is 6.04. The molecule has 2 aromatic carbocycles. The summed E-state index contributed by atoms with van der Waals surface area (Å²) in [4.78, 5) is 25.1. The normalized spacial score (nSPS) is 11.2. The maximum absolute atomic E-state index is 12.9. The summed E-state index contributed by atoms with van der Waals surface area (Å²) in [5.74, 6) is -0.909. The van der Waals surface area contributed by atoms with Crippen molar-refractivity contribution in [1.82, 2.24) is 9.78 Å². The number of anilines is 1. The van der Waals surface area contributed by atoms with Crippen LogP contribution in [0.4, 0.5) is 18.9 Å². The first kappa shape index (κ1) is 20.1. The van der Waals surface area contributed by atoms with Crippen molar-refractivity contribution >= 4 is 11.6 Å². The van der Waals surface area contributed by atoms with Crippen molar-refractivity contribution in [1.29, 1.82) is 0 Å². The molecule has 9 heteroatoms. The quantitative estimate of drug-likeness (QED) is 0.719. The molecule has 0 saturated heterocycles. The molecule has 0 unspecified atom stereocenters. The first-order chi connectivity index (χ1) is 13.7. The Balaban J connectivity index is 2.02. The van der Waals surface area contributed by atoms with Gasteiger partial charge in [-0.3, -0.25) is 9.59 Å². The summed E-state index contributed by atoms with van der Waals surface area (Å²) in [6.45, 7) is 1.77. The number of nitrogens with one attached hydrogen (secondary N) is 1. The molecular weight excluding hydrogens is 387 g/mol. The second kappa shape index (κ2) is 7.78. The second-order valence-corrected chi connectivity index (χ2v) is 6.13. The van der Waals surface area contributed by atoms with Gasteiger partial charge in [-0.1, -0.05) is 24.3 Å². The average Bonchev–Trinajstić information content (AvgIpc) is 2.68. The SMILES string of the molecule is COc1cc(=O)n(-c2ccccc2C)nc1C(=O)Nc1cccc(C(F)(F)F)c1. The fourth-order valence-corrected chi connectivity index (χ4v) is 2.69. The third-order valence-electron chi connectivity index (χ3n) is 4.12. The van der Waals surface area contributed by atoms with E-state index in [9.17, 15) is 22.8 Å². The molecule has 0 bridgehead atoms. The summed E-state index contributed by atoms with van der Waals surface area (Å²) < 4.78 is 44.8. The molecule has 1 amide bonds. The lowest BCUT2D eigenvalue weighted by atomic mass is 10.2. The number of halogens is 3. The minimum absolute atomic E-state index is 0.0673. The number of nitrogens with zero attached hydrogens (tertiary/aromatic N) is 2. The molecule has 1 N–H and O–H groups in total. The van der Waals surface area contributed by atoms with E-state index >= 15 is 0 Å². The van der Waals surface area contributed by atoms with E-state index in [1.165, 1.54) is 19.2 Å². The van der Waals surface area contributed by atoms with Crippen molar-refractivity contribution in [3.05, 3.63) is 81.8 Å². The van der Waals surface area contributed by atoms with Crippen LogP contribution in [0, 0.1) is 6.92 Å². The zero-order valence-corrected chi connectivity index (χ0v) is 15.4. The number of hydrogen-bond donors (Lipinski definition) is 1. The Labute approximate surface area is 163 Å². The summed E-state index contributed by atoms with van der Waals surface area (Å²) in [5, 5.41) is 6.45. The van der Waals surface area contributed by atoms with E-state index < -0.39 is 23.2 Å². The van der Waals surface area contributed by atoms with Crippen molar-refractivity contribution in [3.63, 3.8) is 0 Å². The van der Waals surface area contributed by atoms with Crippen molar-refractivity contribution in [2.75, 3.05) is 12.4 Å². The van der Waals surface area contributed by atoms with Crippen LogP contribution in [-0.4, -0.2) is 22.8 Å². The Kier molecular flexibility index (Phi) is 5.40. The van der Waals surface area contributed by atoms with Gasteiger partial charge in [0.2, 0.25) is 0 Å². The maximum atomic E-state index is 12.9. The van der Waals surface area contributed by atoms with Crippen molar-refractivity contribution in [3.8, 4) is 11.4 Å². The molecule has 3 aromatic rings. The molecule has 0 fully saturated rings. The molecule has 0 saturated carbocycles. The van der Waals surface area contributed by atoms with E-state index in [-0.39, 0.29) is 17.1 Å². The number of rotatable bonds is 4. The number of carbonyl (C=O) groups is 1. The molecule has 0 aliphatic heterocycles. The maximum Gasteiger partial charge on any atom is 0.416 e. The largest absolute Gasteiger partial charge is 0.494 e. The molecule has 6 nitrogen and oxygen atoms in total. The van der Waals surface area contributed by atoms with Gasteiger partial charge in [-0.25, -0.2) is 0 Å². The highest BCUT2D eigenvalue weighted by atomic mass is 19.4. The van der Waals surface area contributed by atoms with E-state index in [4.69, 9.17) is 4.74 Å². The number of methoxy groups -OCH3 is 1. The van der Waals surface area contributed by atoms with Crippen LogP contribution in [0.5, 0.6) is 5.75 Å². The summed E-state index contributed by atoms with van der Waals surface area (Å²) in [5.41, 5.74) is -0.522. The standard InChI is InChI=1S/C20H16F3N3O3/c1-12-6-3-4-9-15(12)26-17(27)11-16(29-2)18(25-26)19(28)24-14-8-5-7-13(10-14)20(21,22)23/h3-11H,1-2H3,(H,24,28). The molecule has 1 aromatic heterocycles. The number of para-hydroxylation sites is 1. The van der Waals surface area contributed by atoms with Crippen LogP contribution in [0.3, 0.4) is 0 Å². The lowest BCUT2D eigenvalue weighted by molar-refractivity contribution is -0.137. The minimum Gasteiger partial charge on any atom is -0.494 e. The van der Waals surface area contributed by atoms with Gasteiger partial charge in [0.05, 0.1) is 24.4 Å². The summed E-state index contributed by atoms with van der Waals surface area (Å²) >= 11 is 0. The number of aryl methyl sites for hydroxylation is 1. The summed E-state index contributed by atoms with van der Waals surface area (Å²) in [7, 11) is 1.26. The molecule has 0 atom stereocenters. The number of hydrogen-bond acceptors (Lipinski definition) is 4. The fraction of sp³-hybridized carbons (Fsp3) is 0.150. The van der Waals surface area contributed by atoms with Gasteiger partial charge in [0.15, 0.2) is 11.4 Å². The Bertz CT molecular complexity index is 1120. The smallest absolute Gasteiger partial charge is 0.416 e. The van der Waals surface area contributed by atoms with E-state index in [0.717, 1.165) is 28.4 Å². The monoisotopic (exact) mass is 403 g/mol. The van der Waals surface area contributed by atoms with Gasteiger partial charge < -0.3 is 10.1 Å². The van der Waals surface area contributed by atoms with Crippen LogP contribution < -0.4 is 15.6 Å². The average molecular weight is 403 g/mol. The lowest BCUT2D eigenvalue weighted by Crippen LogP contribution is -2.26. The molecule has 0 aliphatic carbocycles. The molecule has 150 valence electrons. The third-order valence-corrected chi connectivity index (χ3v) is 4.12. The topological polar surface area (TPSA) is 73.2 Å². The second-order valence-electron chi connectivity index (χ2n) is 6.13. The predicted octanol–water partition coefficient (Wildman–Crippen LogP) is 3.82.